The highest BCUT2D eigenvalue weighted by Crippen LogP contribution is 2.25. The molecule has 6 heteroatoms. The lowest BCUT2D eigenvalue weighted by molar-refractivity contribution is -0.152. The van der Waals surface area contributed by atoms with Crippen molar-refractivity contribution in [2.24, 2.45) is 0 Å². The summed E-state index contributed by atoms with van der Waals surface area (Å²) < 4.78 is 5.16. The van der Waals surface area contributed by atoms with Gasteiger partial charge in [0.2, 0.25) is 0 Å². The van der Waals surface area contributed by atoms with E-state index in [0.717, 1.165) is 11.1 Å². The zero-order valence-corrected chi connectivity index (χ0v) is 14.8. The molecule has 1 N–H and O–H groups in total. The van der Waals surface area contributed by atoms with Gasteiger partial charge in [-0.25, -0.2) is 0 Å². The molecule has 1 amide bonds. The highest BCUT2D eigenvalue weighted by atomic mass is 35.5. The van der Waals surface area contributed by atoms with E-state index in [0.29, 0.717) is 15.7 Å². The molecule has 0 aliphatic carbocycles. The smallest absolute Gasteiger partial charge is 0.311 e. The van der Waals surface area contributed by atoms with Gasteiger partial charge in [0, 0.05) is 5.02 Å². The van der Waals surface area contributed by atoms with Crippen LogP contribution in [-0.2, 0) is 20.7 Å². The first-order valence-electron chi connectivity index (χ1n) is 7.36. The normalized spacial score (nSPS) is 11.7. The van der Waals surface area contributed by atoms with Gasteiger partial charge in [0.1, 0.15) is 0 Å². The molecule has 0 radical (unpaired) electrons. The predicted octanol–water partition coefficient (Wildman–Crippen LogP) is 4.41. The summed E-state index contributed by atoms with van der Waals surface area (Å²) in [5.41, 5.74) is 2.35. The van der Waals surface area contributed by atoms with Crippen LogP contribution < -0.4 is 5.32 Å². The predicted molar refractivity (Wildman–Crippen MR) is 95.5 cm³/mol. The summed E-state index contributed by atoms with van der Waals surface area (Å²) in [6.07, 6.45) is -0.825. The summed E-state index contributed by atoms with van der Waals surface area (Å²) in [7, 11) is 0. The number of ether oxygens (including phenoxy) is 1. The van der Waals surface area contributed by atoms with Crippen LogP contribution in [0.25, 0.3) is 0 Å². The number of halogens is 2. The highest BCUT2D eigenvalue weighted by molar-refractivity contribution is 6.36. The second kappa shape index (κ2) is 8.18. The quantitative estimate of drug-likeness (QED) is 0.798. The van der Waals surface area contributed by atoms with Crippen LogP contribution in [0.15, 0.2) is 42.5 Å². The largest absolute Gasteiger partial charge is 0.452 e. The maximum absolute atomic E-state index is 12.1. The topological polar surface area (TPSA) is 55.4 Å². The Balaban J connectivity index is 1.90. The van der Waals surface area contributed by atoms with Gasteiger partial charge in [-0.15, -0.1) is 0 Å². The van der Waals surface area contributed by atoms with Crippen molar-refractivity contribution in [2.45, 2.75) is 26.4 Å². The molecule has 0 aromatic heterocycles. The van der Waals surface area contributed by atoms with Gasteiger partial charge in [0.25, 0.3) is 5.91 Å². The zero-order valence-electron chi connectivity index (χ0n) is 13.3. The van der Waals surface area contributed by atoms with Gasteiger partial charge in [0.15, 0.2) is 6.10 Å². The fourth-order valence-electron chi connectivity index (χ4n) is 1.99. The van der Waals surface area contributed by atoms with Gasteiger partial charge < -0.3 is 10.1 Å². The number of rotatable bonds is 5. The van der Waals surface area contributed by atoms with Crippen molar-refractivity contribution >= 4 is 40.8 Å². The summed E-state index contributed by atoms with van der Waals surface area (Å²) in [5, 5.41) is 3.39. The molecule has 0 heterocycles. The molecule has 2 rings (SSSR count). The van der Waals surface area contributed by atoms with Crippen LogP contribution in [0.1, 0.15) is 18.1 Å². The first-order chi connectivity index (χ1) is 11.3. The molecular weight excluding hydrogens is 349 g/mol. The van der Waals surface area contributed by atoms with Crippen LogP contribution in [-0.4, -0.2) is 18.0 Å². The minimum atomic E-state index is -0.935. The summed E-state index contributed by atoms with van der Waals surface area (Å²) in [5.74, 6) is -0.930. The average Bonchev–Trinajstić information content (AvgIpc) is 2.52. The molecule has 126 valence electrons. The molecule has 2 aromatic rings. The molecule has 1 unspecified atom stereocenters. The fourth-order valence-corrected chi connectivity index (χ4v) is 2.45. The van der Waals surface area contributed by atoms with E-state index in [4.69, 9.17) is 27.9 Å². The average molecular weight is 366 g/mol. The van der Waals surface area contributed by atoms with Gasteiger partial charge in [-0.2, -0.15) is 0 Å². The third-order valence-electron chi connectivity index (χ3n) is 3.34. The van der Waals surface area contributed by atoms with Crippen molar-refractivity contribution in [3.05, 3.63) is 63.6 Å². The Hall–Kier alpha value is -2.04. The van der Waals surface area contributed by atoms with E-state index in [9.17, 15) is 9.59 Å². The number of hydrogen-bond donors (Lipinski definition) is 1. The molecule has 24 heavy (non-hydrogen) atoms. The lowest BCUT2D eigenvalue weighted by Gasteiger charge is -2.14. The van der Waals surface area contributed by atoms with E-state index in [2.05, 4.69) is 5.32 Å². The SMILES string of the molecule is Cc1ccc(CC(=O)OC(C)C(=O)Nc2ccc(Cl)cc2Cl)cc1. The highest BCUT2D eigenvalue weighted by Gasteiger charge is 2.19. The summed E-state index contributed by atoms with van der Waals surface area (Å²) >= 11 is 11.8. The number of carbonyl (C=O) groups is 2. The molecule has 0 bridgehead atoms. The monoisotopic (exact) mass is 365 g/mol. The second-order valence-electron chi connectivity index (χ2n) is 5.41. The maximum Gasteiger partial charge on any atom is 0.311 e. The van der Waals surface area contributed by atoms with Crippen molar-refractivity contribution in [3.63, 3.8) is 0 Å². The number of hydrogen-bond acceptors (Lipinski definition) is 3. The van der Waals surface area contributed by atoms with Crippen molar-refractivity contribution in [1.29, 1.82) is 0 Å². The van der Waals surface area contributed by atoms with Gasteiger partial charge >= 0.3 is 5.97 Å². The Morgan fingerprint density at radius 2 is 1.79 bits per heavy atom. The standard InChI is InChI=1S/C18H17Cl2NO3/c1-11-3-5-13(6-4-11)9-17(22)24-12(2)18(23)21-16-8-7-14(19)10-15(16)20/h3-8,10,12H,9H2,1-2H3,(H,21,23). The van der Waals surface area contributed by atoms with Gasteiger partial charge in [-0.1, -0.05) is 53.0 Å². The van der Waals surface area contributed by atoms with Gasteiger partial charge in [-0.3, -0.25) is 9.59 Å². The lowest BCUT2D eigenvalue weighted by Crippen LogP contribution is -2.30. The number of esters is 1. The molecule has 0 saturated heterocycles. The van der Waals surface area contributed by atoms with E-state index < -0.39 is 18.0 Å². The van der Waals surface area contributed by atoms with Crippen LogP contribution in [0.5, 0.6) is 0 Å². The maximum atomic E-state index is 12.1. The minimum absolute atomic E-state index is 0.111. The van der Waals surface area contributed by atoms with Crippen LogP contribution in [0.2, 0.25) is 10.0 Å². The van der Waals surface area contributed by atoms with E-state index >= 15 is 0 Å². The Bertz CT molecular complexity index is 744. The summed E-state index contributed by atoms with van der Waals surface area (Å²) in [6, 6.07) is 12.3. The van der Waals surface area contributed by atoms with Crippen molar-refractivity contribution in [2.75, 3.05) is 5.32 Å². The van der Waals surface area contributed by atoms with Crippen molar-refractivity contribution < 1.29 is 14.3 Å². The van der Waals surface area contributed by atoms with E-state index in [1.807, 2.05) is 31.2 Å². The fraction of sp³-hybridized carbons (Fsp3) is 0.222. The van der Waals surface area contributed by atoms with Gasteiger partial charge in [0.05, 0.1) is 17.1 Å². The Morgan fingerprint density at radius 3 is 2.42 bits per heavy atom. The number of amides is 1. The van der Waals surface area contributed by atoms with Crippen LogP contribution >= 0.6 is 23.2 Å². The van der Waals surface area contributed by atoms with E-state index in [1.165, 1.54) is 13.0 Å². The second-order valence-corrected chi connectivity index (χ2v) is 6.25. The number of aryl methyl sites for hydroxylation is 1. The molecule has 0 saturated carbocycles. The molecule has 4 nitrogen and oxygen atoms in total. The third kappa shape index (κ3) is 5.25. The Kier molecular flexibility index (Phi) is 6.23. The molecule has 0 fully saturated rings. The zero-order chi connectivity index (χ0) is 17.7. The first-order valence-corrected chi connectivity index (χ1v) is 8.11. The van der Waals surface area contributed by atoms with E-state index in [-0.39, 0.29) is 6.42 Å². The molecule has 2 aromatic carbocycles. The number of benzene rings is 2. The van der Waals surface area contributed by atoms with Crippen LogP contribution in [0.3, 0.4) is 0 Å². The number of anilines is 1. The Morgan fingerprint density at radius 1 is 1.12 bits per heavy atom. The minimum Gasteiger partial charge on any atom is -0.452 e. The molecule has 0 aliphatic heterocycles. The molecular formula is C18H17Cl2NO3. The third-order valence-corrected chi connectivity index (χ3v) is 3.88. The van der Waals surface area contributed by atoms with Crippen molar-refractivity contribution in [1.82, 2.24) is 0 Å². The van der Waals surface area contributed by atoms with Gasteiger partial charge in [-0.05, 0) is 37.6 Å². The van der Waals surface area contributed by atoms with E-state index in [1.54, 1.807) is 12.1 Å². The number of nitrogens with one attached hydrogen (secondary N) is 1. The lowest BCUT2D eigenvalue weighted by atomic mass is 10.1. The molecule has 0 spiro atoms. The van der Waals surface area contributed by atoms with Crippen LogP contribution in [0.4, 0.5) is 5.69 Å². The molecule has 1 atom stereocenters. The van der Waals surface area contributed by atoms with Crippen LogP contribution in [0, 0.1) is 6.92 Å². The summed E-state index contributed by atoms with van der Waals surface area (Å²) in [6.45, 7) is 3.47. The summed E-state index contributed by atoms with van der Waals surface area (Å²) in [4.78, 5) is 24.0. The Labute approximate surface area is 150 Å². The molecule has 0 aliphatic rings. The first kappa shape index (κ1) is 18.3. The van der Waals surface area contributed by atoms with Crippen molar-refractivity contribution in [3.8, 4) is 0 Å². The number of carbonyl (C=O) groups excluding carboxylic acids is 2.